The van der Waals surface area contributed by atoms with Crippen LogP contribution < -0.4 is 10.3 Å². The average molecular weight is 413 g/mol. The standard InChI is InChI=1S/C23H32N4O3/c1-17-4-6-20(7-5-17)16-27-19(3)21(25-8-12-29-13-9-25)18(2)22(27)23(28)24-26-10-14-30-15-11-26/h4-7H,8-16H2,1-3H3,(H,24,28). The fourth-order valence-electron chi connectivity index (χ4n) is 4.37. The summed E-state index contributed by atoms with van der Waals surface area (Å²) >= 11 is 0. The molecule has 1 aromatic heterocycles. The molecule has 1 N–H and O–H groups in total. The zero-order valence-corrected chi connectivity index (χ0v) is 18.2. The van der Waals surface area contributed by atoms with Gasteiger partial charge in [-0.1, -0.05) is 29.8 Å². The Labute approximate surface area is 178 Å². The molecule has 2 saturated heterocycles. The Morgan fingerprint density at radius 2 is 1.53 bits per heavy atom. The van der Waals surface area contributed by atoms with Crippen molar-refractivity contribution in [2.75, 3.05) is 57.5 Å². The fraction of sp³-hybridized carbons (Fsp3) is 0.522. The van der Waals surface area contributed by atoms with Crippen LogP contribution in [0, 0.1) is 20.8 Å². The summed E-state index contributed by atoms with van der Waals surface area (Å²) in [6.45, 7) is 12.8. The van der Waals surface area contributed by atoms with Crippen LogP contribution in [0.3, 0.4) is 0 Å². The molecule has 30 heavy (non-hydrogen) atoms. The van der Waals surface area contributed by atoms with Crippen molar-refractivity contribution in [1.29, 1.82) is 0 Å². The Hall–Kier alpha value is -2.35. The first kappa shape index (κ1) is 20.9. The highest BCUT2D eigenvalue weighted by atomic mass is 16.5. The molecular formula is C23H32N4O3. The molecule has 0 bridgehead atoms. The number of aryl methyl sites for hydroxylation is 1. The van der Waals surface area contributed by atoms with Crippen molar-refractivity contribution in [1.82, 2.24) is 15.0 Å². The van der Waals surface area contributed by atoms with Crippen molar-refractivity contribution in [3.63, 3.8) is 0 Å². The SMILES string of the molecule is Cc1ccc(Cn2c(C)c(N3CCOCC3)c(C)c2C(=O)NN2CCOCC2)cc1. The van der Waals surface area contributed by atoms with Crippen LogP contribution in [0.15, 0.2) is 24.3 Å². The maximum Gasteiger partial charge on any atom is 0.282 e. The maximum absolute atomic E-state index is 13.4. The number of nitrogens with one attached hydrogen (secondary N) is 1. The zero-order chi connectivity index (χ0) is 21.1. The van der Waals surface area contributed by atoms with Gasteiger partial charge in [-0.25, -0.2) is 5.01 Å². The van der Waals surface area contributed by atoms with E-state index in [1.54, 1.807) is 0 Å². The van der Waals surface area contributed by atoms with Crippen molar-refractivity contribution in [3.05, 3.63) is 52.3 Å². The van der Waals surface area contributed by atoms with Gasteiger partial charge in [-0.15, -0.1) is 0 Å². The summed E-state index contributed by atoms with van der Waals surface area (Å²) in [5.74, 6) is -0.0517. The predicted octanol–water partition coefficient (Wildman–Crippen LogP) is 2.28. The first-order valence-electron chi connectivity index (χ1n) is 10.8. The highest BCUT2D eigenvalue weighted by Gasteiger charge is 2.28. The molecule has 1 amide bonds. The number of nitrogens with zero attached hydrogens (tertiary/aromatic N) is 3. The minimum Gasteiger partial charge on any atom is -0.379 e. The number of carbonyl (C=O) groups is 1. The van der Waals surface area contributed by atoms with Crippen molar-refractivity contribution >= 4 is 11.6 Å². The van der Waals surface area contributed by atoms with E-state index < -0.39 is 0 Å². The van der Waals surface area contributed by atoms with Crippen LogP contribution in [0.2, 0.25) is 0 Å². The summed E-state index contributed by atoms with van der Waals surface area (Å²) in [7, 11) is 0. The van der Waals surface area contributed by atoms with Gasteiger partial charge in [0.15, 0.2) is 0 Å². The van der Waals surface area contributed by atoms with Gasteiger partial charge in [0.25, 0.3) is 5.91 Å². The van der Waals surface area contributed by atoms with Gasteiger partial charge in [-0.2, -0.15) is 0 Å². The Balaban J connectivity index is 1.69. The molecule has 4 rings (SSSR count). The molecule has 3 heterocycles. The Bertz CT molecular complexity index is 879. The number of aromatic nitrogens is 1. The Kier molecular flexibility index (Phi) is 6.41. The normalized spacial score (nSPS) is 17.9. The van der Waals surface area contributed by atoms with Gasteiger partial charge in [0.05, 0.1) is 32.1 Å². The monoisotopic (exact) mass is 412 g/mol. The second kappa shape index (κ2) is 9.20. The summed E-state index contributed by atoms with van der Waals surface area (Å²) in [6.07, 6.45) is 0. The quantitative estimate of drug-likeness (QED) is 0.817. The summed E-state index contributed by atoms with van der Waals surface area (Å²) in [5.41, 5.74) is 9.59. The summed E-state index contributed by atoms with van der Waals surface area (Å²) in [5, 5.41) is 1.96. The molecule has 0 aliphatic carbocycles. The first-order chi connectivity index (χ1) is 14.5. The molecule has 7 nitrogen and oxygen atoms in total. The van der Waals surface area contributed by atoms with Crippen LogP contribution in [0.4, 0.5) is 5.69 Å². The van der Waals surface area contributed by atoms with E-state index in [0.717, 1.165) is 48.9 Å². The van der Waals surface area contributed by atoms with E-state index >= 15 is 0 Å². The van der Waals surface area contributed by atoms with Gasteiger partial charge in [0, 0.05) is 44.0 Å². The molecule has 0 atom stereocenters. The lowest BCUT2D eigenvalue weighted by Crippen LogP contribution is -2.48. The second-order valence-corrected chi connectivity index (χ2v) is 8.12. The molecule has 0 saturated carbocycles. The molecule has 0 unspecified atom stereocenters. The predicted molar refractivity (Wildman–Crippen MR) is 117 cm³/mol. The number of hydrogen-bond acceptors (Lipinski definition) is 5. The maximum atomic E-state index is 13.4. The minimum absolute atomic E-state index is 0.0517. The number of rotatable bonds is 5. The zero-order valence-electron chi connectivity index (χ0n) is 18.2. The number of amides is 1. The molecule has 1 aromatic carbocycles. The number of carbonyl (C=O) groups excluding carboxylic acids is 1. The van der Waals surface area contributed by atoms with E-state index in [1.807, 2.05) is 5.01 Å². The van der Waals surface area contributed by atoms with E-state index in [-0.39, 0.29) is 5.91 Å². The number of hydrazine groups is 1. The van der Waals surface area contributed by atoms with Gasteiger partial charge in [0.1, 0.15) is 5.69 Å². The van der Waals surface area contributed by atoms with Crippen molar-refractivity contribution < 1.29 is 14.3 Å². The van der Waals surface area contributed by atoms with Crippen LogP contribution in [0.5, 0.6) is 0 Å². The summed E-state index contributed by atoms with van der Waals surface area (Å²) in [4.78, 5) is 15.7. The highest BCUT2D eigenvalue weighted by Crippen LogP contribution is 2.32. The summed E-state index contributed by atoms with van der Waals surface area (Å²) in [6, 6.07) is 8.53. The minimum atomic E-state index is -0.0517. The van der Waals surface area contributed by atoms with Gasteiger partial charge in [-0.3, -0.25) is 10.2 Å². The molecule has 2 fully saturated rings. The molecule has 2 aliphatic rings. The second-order valence-electron chi connectivity index (χ2n) is 8.12. The highest BCUT2D eigenvalue weighted by molar-refractivity contribution is 5.96. The van der Waals surface area contributed by atoms with Crippen LogP contribution in [-0.4, -0.2) is 68.1 Å². The topological polar surface area (TPSA) is 59.0 Å². The Morgan fingerprint density at radius 1 is 0.933 bits per heavy atom. The van der Waals surface area contributed by atoms with Crippen LogP contribution >= 0.6 is 0 Å². The van der Waals surface area contributed by atoms with Gasteiger partial charge < -0.3 is 18.9 Å². The van der Waals surface area contributed by atoms with E-state index in [2.05, 4.69) is 59.9 Å². The van der Waals surface area contributed by atoms with Crippen LogP contribution in [-0.2, 0) is 16.0 Å². The lowest BCUT2D eigenvalue weighted by molar-refractivity contribution is 0.0123. The van der Waals surface area contributed by atoms with E-state index in [0.29, 0.717) is 32.8 Å². The molecule has 7 heteroatoms. The van der Waals surface area contributed by atoms with E-state index in [9.17, 15) is 4.79 Å². The van der Waals surface area contributed by atoms with Crippen LogP contribution in [0.1, 0.15) is 32.9 Å². The largest absolute Gasteiger partial charge is 0.379 e. The van der Waals surface area contributed by atoms with Crippen molar-refractivity contribution in [2.24, 2.45) is 0 Å². The summed E-state index contributed by atoms with van der Waals surface area (Å²) < 4.78 is 13.1. The third kappa shape index (κ3) is 4.38. The Morgan fingerprint density at radius 3 is 2.17 bits per heavy atom. The molecule has 2 aromatic rings. The number of anilines is 1. The number of benzene rings is 1. The molecule has 2 aliphatic heterocycles. The third-order valence-corrected chi connectivity index (χ3v) is 6.00. The lowest BCUT2D eigenvalue weighted by atomic mass is 10.1. The average Bonchev–Trinajstić information content (AvgIpc) is 3.00. The molecule has 0 radical (unpaired) electrons. The lowest BCUT2D eigenvalue weighted by Gasteiger charge is -2.29. The van der Waals surface area contributed by atoms with Crippen molar-refractivity contribution in [2.45, 2.75) is 27.3 Å². The number of ether oxygens (including phenoxy) is 2. The van der Waals surface area contributed by atoms with E-state index in [4.69, 9.17) is 9.47 Å². The molecule has 0 spiro atoms. The first-order valence-corrected chi connectivity index (χ1v) is 10.8. The third-order valence-electron chi connectivity index (χ3n) is 6.00. The van der Waals surface area contributed by atoms with Gasteiger partial charge >= 0.3 is 0 Å². The van der Waals surface area contributed by atoms with Gasteiger partial charge in [-0.05, 0) is 26.3 Å². The number of morpholine rings is 2. The molecule has 162 valence electrons. The van der Waals surface area contributed by atoms with E-state index in [1.165, 1.54) is 11.1 Å². The van der Waals surface area contributed by atoms with Crippen LogP contribution in [0.25, 0.3) is 0 Å². The molecular weight excluding hydrogens is 380 g/mol. The fourth-order valence-corrected chi connectivity index (χ4v) is 4.37. The van der Waals surface area contributed by atoms with Gasteiger partial charge in [0.2, 0.25) is 0 Å². The smallest absolute Gasteiger partial charge is 0.282 e. The van der Waals surface area contributed by atoms with Crippen molar-refractivity contribution in [3.8, 4) is 0 Å². The number of hydrogen-bond donors (Lipinski definition) is 1.